The van der Waals surface area contributed by atoms with E-state index in [9.17, 15) is 18.0 Å². The fourth-order valence-corrected chi connectivity index (χ4v) is 4.27. The molecule has 0 aromatic carbocycles. The summed E-state index contributed by atoms with van der Waals surface area (Å²) in [6.45, 7) is 0. The fourth-order valence-electron chi connectivity index (χ4n) is 2.01. The summed E-state index contributed by atoms with van der Waals surface area (Å²) < 4.78 is 37.9. The molecule has 0 radical (unpaired) electrons. The van der Waals surface area contributed by atoms with Crippen molar-refractivity contribution in [1.29, 1.82) is 0 Å². The number of alkyl halides is 3. The van der Waals surface area contributed by atoms with Crippen molar-refractivity contribution in [3.8, 4) is 0 Å². The van der Waals surface area contributed by atoms with Crippen LogP contribution in [0.25, 0.3) is 0 Å². The highest BCUT2D eigenvalue weighted by Crippen LogP contribution is 2.37. The minimum atomic E-state index is -4.71. The van der Waals surface area contributed by atoms with Crippen molar-refractivity contribution in [2.75, 3.05) is 0 Å². The molecular formula is C11H12F3NO2S2. The Kier molecular flexibility index (Phi) is 4.39. The predicted octanol–water partition coefficient (Wildman–Crippen LogP) is 4.04. The fraction of sp³-hybridized carbons (Fsp3) is 0.636. The average Bonchev–Trinajstić information content (AvgIpc) is 2.94. The van der Waals surface area contributed by atoms with Gasteiger partial charge < -0.3 is 5.11 Å². The van der Waals surface area contributed by atoms with Crippen LogP contribution in [0.4, 0.5) is 13.2 Å². The largest absolute Gasteiger partial charge is 0.477 e. The second-order valence-electron chi connectivity index (χ2n) is 4.31. The third-order valence-electron chi connectivity index (χ3n) is 2.88. The summed E-state index contributed by atoms with van der Waals surface area (Å²) in [7, 11) is 0. The zero-order chi connectivity index (χ0) is 14.0. The lowest BCUT2D eigenvalue weighted by atomic mass is 10.3. The van der Waals surface area contributed by atoms with Gasteiger partial charge in [-0.3, -0.25) is 0 Å². The molecule has 8 heteroatoms. The first kappa shape index (κ1) is 14.6. The second-order valence-corrected chi connectivity index (χ2v) is 6.68. The molecule has 3 nitrogen and oxygen atoms in total. The highest BCUT2D eigenvalue weighted by Gasteiger charge is 2.39. The van der Waals surface area contributed by atoms with Gasteiger partial charge in [0.15, 0.2) is 5.69 Å². The monoisotopic (exact) mass is 311 g/mol. The standard InChI is InChI=1S/C11H12F3NO2S2/c12-11(13,14)9-8(10(16)17)19-7(15-9)5-18-6-3-1-2-4-6/h6H,1-5H2,(H,16,17). The van der Waals surface area contributed by atoms with Gasteiger partial charge in [-0.05, 0) is 12.8 Å². The van der Waals surface area contributed by atoms with E-state index in [0.29, 0.717) is 22.3 Å². The number of nitrogens with zero attached hydrogens (tertiary/aromatic N) is 1. The molecule has 1 aliphatic carbocycles. The number of aromatic nitrogens is 1. The van der Waals surface area contributed by atoms with Gasteiger partial charge in [0.05, 0.1) is 0 Å². The Bertz CT molecular complexity index is 467. The number of thioether (sulfide) groups is 1. The molecule has 0 saturated heterocycles. The molecule has 2 rings (SSSR count). The first-order valence-electron chi connectivity index (χ1n) is 5.79. The summed E-state index contributed by atoms with van der Waals surface area (Å²) >= 11 is 2.20. The molecule has 0 spiro atoms. The second kappa shape index (κ2) is 5.70. The Morgan fingerprint density at radius 3 is 2.53 bits per heavy atom. The van der Waals surface area contributed by atoms with Crippen LogP contribution in [0.5, 0.6) is 0 Å². The number of carboxylic acids is 1. The van der Waals surface area contributed by atoms with Crippen molar-refractivity contribution in [1.82, 2.24) is 4.98 Å². The van der Waals surface area contributed by atoms with Gasteiger partial charge in [0.2, 0.25) is 0 Å². The Morgan fingerprint density at radius 1 is 1.42 bits per heavy atom. The maximum atomic E-state index is 12.6. The molecule has 0 atom stereocenters. The van der Waals surface area contributed by atoms with Crippen LogP contribution in [0.3, 0.4) is 0 Å². The minimum Gasteiger partial charge on any atom is -0.477 e. The summed E-state index contributed by atoms with van der Waals surface area (Å²) in [4.78, 5) is 13.5. The maximum Gasteiger partial charge on any atom is 0.435 e. The molecule has 1 aromatic heterocycles. The molecule has 1 fully saturated rings. The van der Waals surface area contributed by atoms with E-state index in [1.807, 2.05) is 0 Å². The molecule has 1 heterocycles. The normalized spacial score (nSPS) is 17.0. The van der Waals surface area contributed by atoms with Crippen molar-refractivity contribution in [3.63, 3.8) is 0 Å². The van der Waals surface area contributed by atoms with E-state index in [-0.39, 0.29) is 5.01 Å². The number of hydrogen-bond donors (Lipinski definition) is 1. The van der Waals surface area contributed by atoms with Crippen LogP contribution >= 0.6 is 23.1 Å². The zero-order valence-corrected chi connectivity index (χ0v) is 11.5. The van der Waals surface area contributed by atoms with Gasteiger partial charge in [-0.2, -0.15) is 24.9 Å². The Labute approximate surface area is 116 Å². The van der Waals surface area contributed by atoms with Crippen molar-refractivity contribution in [2.24, 2.45) is 0 Å². The van der Waals surface area contributed by atoms with Crippen LogP contribution in [0.2, 0.25) is 0 Å². The highest BCUT2D eigenvalue weighted by atomic mass is 32.2. The lowest BCUT2D eigenvalue weighted by molar-refractivity contribution is -0.141. The van der Waals surface area contributed by atoms with Crippen molar-refractivity contribution in [2.45, 2.75) is 42.9 Å². The van der Waals surface area contributed by atoms with E-state index >= 15 is 0 Å². The van der Waals surface area contributed by atoms with Gasteiger partial charge in [-0.25, -0.2) is 9.78 Å². The maximum absolute atomic E-state index is 12.6. The molecule has 1 aromatic rings. The number of rotatable bonds is 4. The summed E-state index contributed by atoms with van der Waals surface area (Å²) in [6, 6.07) is 0. The Morgan fingerprint density at radius 2 is 2.05 bits per heavy atom. The van der Waals surface area contributed by atoms with Crippen LogP contribution in [-0.4, -0.2) is 21.3 Å². The summed E-state index contributed by atoms with van der Waals surface area (Å²) in [6.07, 6.45) is -0.240. The van der Waals surface area contributed by atoms with E-state index in [1.54, 1.807) is 11.8 Å². The van der Waals surface area contributed by atoms with E-state index in [1.165, 1.54) is 0 Å². The number of halogens is 3. The van der Waals surface area contributed by atoms with E-state index in [0.717, 1.165) is 25.7 Å². The molecule has 106 valence electrons. The van der Waals surface area contributed by atoms with Gasteiger partial charge in [0.25, 0.3) is 0 Å². The van der Waals surface area contributed by atoms with E-state index < -0.39 is 22.7 Å². The molecule has 19 heavy (non-hydrogen) atoms. The van der Waals surface area contributed by atoms with Gasteiger partial charge in [0.1, 0.15) is 9.88 Å². The number of carbonyl (C=O) groups is 1. The topological polar surface area (TPSA) is 50.2 Å². The molecule has 0 amide bonds. The summed E-state index contributed by atoms with van der Waals surface area (Å²) in [5.41, 5.74) is -1.27. The van der Waals surface area contributed by atoms with Crippen LogP contribution in [0.1, 0.15) is 46.1 Å². The molecule has 0 aliphatic heterocycles. The van der Waals surface area contributed by atoms with Crippen LogP contribution in [0, 0.1) is 0 Å². The van der Waals surface area contributed by atoms with Gasteiger partial charge in [-0.1, -0.05) is 12.8 Å². The van der Waals surface area contributed by atoms with Gasteiger partial charge in [-0.15, -0.1) is 11.3 Å². The number of carboxylic acid groups (broad SMARTS) is 1. The molecule has 1 aliphatic rings. The highest BCUT2D eigenvalue weighted by molar-refractivity contribution is 7.99. The summed E-state index contributed by atoms with van der Waals surface area (Å²) in [5.74, 6) is -1.21. The van der Waals surface area contributed by atoms with E-state index in [4.69, 9.17) is 5.11 Å². The SMILES string of the molecule is O=C(O)c1sc(CSC2CCCC2)nc1C(F)(F)F. The van der Waals surface area contributed by atoms with Crippen molar-refractivity contribution >= 4 is 29.1 Å². The number of hydrogen-bond acceptors (Lipinski definition) is 4. The minimum absolute atomic E-state index is 0.238. The molecule has 0 bridgehead atoms. The Hall–Kier alpha value is -0.760. The van der Waals surface area contributed by atoms with Crippen LogP contribution in [0.15, 0.2) is 0 Å². The molecular weight excluding hydrogens is 299 g/mol. The molecule has 1 N–H and O–H groups in total. The lowest BCUT2D eigenvalue weighted by Crippen LogP contribution is -2.11. The van der Waals surface area contributed by atoms with Crippen molar-refractivity contribution in [3.05, 3.63) is 15.6 Å². The van der Waals surface area contributed by atoms with Gasteiger partial charge in [0, 0.05) is 11.0 Å². The average molecular weight is 311 g/mol. The lowest BCUT2D eigenvalue weighted by Gasteiger charge is -2.06. The number of thiazole rings is 1. The quantitative estimate of drug-likeness (QED) is 0.912. The first-order valence-corrected chi connectivity index (χ1v) is 7.66. The zero-order valence-electron chi connectivity index (χ0n) is 9.87. The summed E-state index contributed by atoms with van der Waals surface area (Å²) in [5, 5.41) is 9.49. The van der Waals surface area contributed by atoms with Crippen molar-refractivity contribution < 1.29 is 23.1 Å². The first-order chi connectivity index (χ1) is 8.88. The van der Waals surface area contributed by atoms with Gasteiger partial charge >= 0.3 is 12.1 Å². The van der Waals surface area contributed by atoms with E-state index in [2.05, 4.69) is 4.98 Å². The predicted molar refractivity (Wildman–Crippen MR) is 67.6 cm³/mol. The Balaban J connectivity index is 2.11. The smallest absolute Gasteiger partial charge is 0.435 e. The molecule has 1 saturated carbocycles. The number of aromatic carboxylic acids is 1. The third-order valence-corrected chi connectivity index (χ3v) is 5.49. The molecule has 0 unspecified atom stereocenters. The van der Waals surface area contributed by atoms with Crippen LogP contribution in [-0.2, 0) is 11.9 Å². The third kappa shape index (κ3) is 3.62. The van der Waals surface area contributed by atoms with Crippen LogP contribution < -0.4 is 0 Å².